The molecular weight excluding hydrogens is 312 g/mol. The molecule has 1 heterocycles. The molecule has 0 saturated carbocycles. The minimum Gasteiger partial charge on any atom is -0.329 e. The first-order valence-corrected chi connectivity index (χ1v) is 8.75. The number of hydrogen-bond acceptors (Lipinski definition) is 2. The second-order valence-electron chi connectivity index (χ2n) is 6.42. The van der Waals surface area contributed by atoms with Gasteiger partial charge in [-0.3, -0.25) is 4.90 Å². The van der Waals surface area contributed by atoms with Crippen molar-refractivity contribution in [1.29, 1.82) is 0 Å². The third-order valence-corrected chi connectivity index (χ3v) is 5.70. The maximum Gasteiger partial charge on any atom is 0.0375 e. The van der Waals surface area contributed by atoms with E-state index < -0.39 is 0 Å². The van der Waals surface area contributed by atoms with Crippen LogP contribution in [0.15, 0.2) is 22.7 Å². The van der Waals surface area contributed by atoms with Gasteiger partial charge in [0.25, 0.3) is 0 Å². The Morgan fingerprint density at radius 2 is 1.85 bits per heavy atom. The average Bonchev–Trinajstić information content (AvgIpc) is 2.76. The number of rotatable bonds is 2. The fraction of sp³-hybridized carbons (Fsp3) is 0.647. The summed E-state index contributed by atoms with van der Waals surface area (Å²) in [5.74, 6) is 0. The van der Waals surface area contributed by atoms with Crippen LogP contribution in [0.1, 0.15) is 43.2 Å². The van der Waals surface area contributed by atoms with Gasteiger partial charge in [0, 0.05) is 16.6 Å². The maximum absolute atomic E-state index is 6.26. The average molecular weight is 337 g/mol. The van der Waals surface area contributed by atoms with E-state index in [0.717, 1.165) is 13.0 Å². The summed E-state index contributed by atoms with van der Waals surface area (Å²) in [5.41, 5.74) is 9.49. The van der Waals surface area contributed by atoms with E-state index in [1.807, 2.05) is 0 Å². The molecule has 1 atom stereocenters. The van der Waals surface area contributed by atoms with Crippen molar-refractivity contribution in [3.8, 4) is 0 Å². The third kappa shape index (κ3) is 2.81. The topological polar surface area (TPSA) is 29.3 Å². The Morgan fingerprint density at radius 1 is 1.10 bits per heavy atom. The number of hydrogen-bond donors (Lipinski definition) is 1. The van der Waals surface area contributed by atoms with Crippen LogP contribution in [0, 0.1) is 0 Å². The highest BCUT2D eigenvalue weighted by atomic mass is 79.9. The molecule has 20 heavy (non-hydrogen) atoms. The van der Waals surface area contributed by atoms with Crippen molar-refractivity contribution in [2.24, 2.45) is 5.73 Å². The maximum atomic E-state index is 6.26. The fourth-order valence-electron chi connectivity index (χ4n) is 3.93. The Bertz CT molecular complexity index is 466. The van der Waals surface area contributed by atoms with Gasteiger partial charge in [-0.05, 0) is 68.5 Å². The summed E-state index contributed by atoms with van der Waals surface area (Å²) >= 11 is 3.59. The lowest BCUT2D eigenvalue weighted by molar-refractivity contribution is 0.0829. The van der Waals surface area contributed by atoms with Crippen LogP contribution in [-0.4, -0.2) is 30.1 Å². The molecule has 2 N–H and O–H groups in total. The number of benzene rings is 1. The van der Waals surface area contributed by atoms with E-state index in [1.54, 1.807) is 0 Å². The zero-order chi connectivity index (χ0) is 14.0. The van der Waals surface area contributed by atoms with Crippen LogP contribution in [0.2, 0.25) is 0 Å². The van der Waals surface area contributed by atoms with Crippen LogP contribution < -0.4 is 5.73 Å². The number of halogens is 1. The Kier molecular flexibility index (Phi) is 4.49. The normalized spacial score (nSPS) is 27.9. The minimum absolute atomic E-state index is 0.213. The van der Waals surface area contributed by atoms with E-state index in [2.05, 4.69) is 39.0 Å². The molecule has 2 nitrogen and oxygen atoms in total. The van der Waals surface area contributed by atoms with Crippen LogP contribution in [0.25, 0.3) is 0 Å². The molecule has 2 aliphatic rings. The standard InChI is InChI=1S/C17H25BrN2/c18-16-6-5-15-12-17(13-19,8-7-14(15)11-16)20-9-3-1-2-4-10-20/h5-6,11H,1-4,7-10,12-13,19H2. The summed E-state index contributed by atoms with van der Waals surface area (Å²) in [6.07, 6.45) is 8.98. The van der Waals surface area contributed by atoms with Crippen LogP contribution in [0.5, 0.6) is 0 Å². The van der Waals surface area contributed by atoms with Crippen molar-refractivity contribution in [2.75, 3.05) is 19.6 Å². The van der Waals surface area contributed by atoms with E-state index in [4.69, 9.17) is 5.73 Å². The molecule has 3 rings (SSSR count). The molecule has 0 aromatic heterocycles. The van der Waals surface area contributed by atoms with Gasteiger partial charge in [0.1, 0.15) is 0 Å². The lowest BCUT2D eigenvalue weighted by Gasteiger charge is -2.46. The van der Waals surface area contributed by atoms with Gasteiger partial charge in [-0.1, -0.05) is 34.8 Å². The van der Waals surface area contributed by atoms with Gasteiger partial charge in [0.15, 0.2) is 0 Å². The van der Waals surface area contributed by atoms with E-state index in [1.165, 1.54) is 67.2 Å². The van der Waals surface area contributed by atoms with Gasteiger partial charge in [-0.2, -0.15) is 0 Å². The van der Waals surface area contributed by atoms with Gasteiger partial charge in [0.05, 0.1) is 0 Å². The SMILES string of the molecule is NCC1(N2CCCCCC2)CCc2cc(Br)ccc2C1. The van der Waals surface area contributed by atoms with Crippen molar-refractivity contribution >= 4 is 15.9 Å². The van der Waals surface area contributed by atoms with Crippen molar-refractivity contribution in [2.45, 2.75) is 50.5 Å². The Labute approximate surface area is 130 Å². The zero-order valence-electron chi connectivity index (χ0n) is 12.2. The summed E-state index contributed by atoms with van der Waals surface area (Å²) in [6.45, 7) is 3.27. The molecule has 110 valence electrons. The Balaban J connectivity index is 1.85. The molecule has 1 aromatic rings. The molecule has 3 heteroatoms. The number of aryl methyl sites for hydroxylation is 1. The summed E-state index contributed by atoms with van der Waals surface area (Å²) < 4.78 is 1.20. The first-order valence-electron chi connectivity index (χ1n) is 7.96. The van der Waals surface area contributed by atoms with Gasteiger partial charge in [-0.15, -0.1) is 0 Å². The zero-order valence-corrected chi connectivity index (χ0v) is 13.8. The quantitative estimate of drug-likeness (QED) is 0.895. The highest BCUT2D eigenvalue weighted by Gasteiger charge is 2.38. The van der Waals surface area contributed by atoms with Gasteiger partial charge < -0.3 is 5.73 Å². The van der Waals surface area contributed by atoms with Crippen molar-refractivity contribution in [3.05, 3.63) is 33.8 Å². The van der Waals surface area contributed by atoms with Gasteiger partial charge >= 0.3 is 0 Å². The van der Waals surface area contributed by atoms with Crippen molar-refractivity contribution in [3.63, 3.8) is 0 Å². The van der Waals surface area contributed by atoms with Crippen LogP contribution >= 0.6 is 15.9 Å². The van der Waals surface area contributed by atoms with Crippen LogP contribution in [-0.2, 0) is 12.8 Å². The number of likely N-dealkylation sites (tertiary alicyclic amines) is 1. The first-order chi connectivity index (χ1) is 9.73. The van der Waals surface area contributed by atoms with E-state index >= 15 is 0 Å². The summed E-state index contributed by atoms with van der Waals surface area (Å²) in [4.78, 5) is 2.71. The summed E-state index contributed by atoms with van der Waals surface area (Å²) in [7, 11) is 0. The first kappa shape index (κ1) is 14.6. The molecule has 1 fully saturated rings. The molecule has 1 unspecified atom stereocenters. The highest BCUT2D eigenvalue weighted by molar-refractivity contribution is 9.10. The Morgan fingerprint density at radius 3 is 2.55 bits per heavy atom. The largest absolute Gasteiger partial charge is 0.329 e. The van der Waals surface area contributed by atoms with Crippen molar-refractivity contribution < 1.29 is 0 Å². The summed E-state index contributed by atoms with van der Waals surface area (Å²) in [6, 6.07) is 6.76. The predicted molar refractivity (Wildman–Crippen MR) is 88.0 cm³/mol. The molecule has 0 amide bonds. The van der Waals surface area contributed by atoms with E-state index in [9.17, 15) is 0 Å². The van der Waals surface area contributed by atoms with Gasteiger partial charge in [0.2, 0.25) is 0 Å². The monoisotopic (exact) mass is 336 g/mol. The van der Waals surface area contributed by atoms with Crippen LogP contribution in [0.4, 0.5) is 0 Å². The van der Waals surface area contributed by atoms with E-state index in [-0.39, 0.29) is 5.54 Å². The predicted octanol–water partition coefficient (Wildman–Crippen LogP) is 3.51. The van der Waals surface area contributed by atoms with Crippen LogP contribution in [0.3, 0.4) is 0 Å². The lowest BCUT2D eigenvalue weighted by Crippen LogP contribution is -2.57. The minimum atomic E-state index is 0.213. The smallest absolute Gasteiger partial charge is 0.0375 e. The lowest BCUT2D eigenvalue weighted by atomic mass is 9.76. The molecule has 0 bridgehead atoms. The number of nitrogens with two attached hydrogens (primary N) is 1. The molecule has 1 saturated heterocycles. The third-order valence-electron chi connectivity index (χ3n) is 5.20. The molecule has 1 aliphatic heterocycles. The van der Waals surface area contributed by atoms with E-state index in [0.29, 0.717) is 0 Å². The summed E-state index contributed by atoms with van der Waals surface area (Å²) in [5, 5.41) is 0. The Hall–Kier alpha value is -0.380. The molecular formula is C17H25BrN2. The molecule has 1 aromatic carbocycles. The van der Waals surface area contributed by atoms with Gasteiger partial charge in [-0.25, -0.2) is 0 Å². The molecule has 1 aliphatic carbocycles. The number of fused-ring (bicyclic) bond motifs is 1. The second kappa shape index (κ2) is 6.17. The molecule has 0 spiro atoms. The molecule has 0 radical (unpaired) electrons. The number of nitrogens with zero attached hydrogens (tertiary/aromatic N) is 1. The fourth-order valence-corrected chi connectivity index (χ4v) is 4.34. The highest BCUT2D eigenvalue weighted by Crippen LogP contribution is 2.35. The van der Waals surface area contributed by atoms with Crippen molar-refractivity contribution in [1.82, 2.24) is 4.90 Å². The second-order valence-corrected chi connectivity index (χ2v) is 7.34.